The van der Waals surface area contributed by atoms with Crippen molar-refractivity contribution in [3.8, 4) is 0 Å². The normalized spacial score (nSPS) is 17.6. The Kier molecular flexibility index (Phi) is 6.26. The molecule has 158 valence electrons. The average Bonchev–Trinajstić information content (AvgIpc) is 2.78. The van der Waals surface area contributed by atoms with Crippen LogP contribution in [0.15, 0.2) is 36.4 Å². The van der Waals surface area contributed by atoms with Gasteiger partial charge >= 0.3 is 0 Å². The molecule has 7 heteroatoms. The van der Waals surface area contributed by atoms with Crippen LogP contribution in [0, 0.1) is 12.7 Å². The number of carbonyl (C=O) groups excluding carboxylic acids is 1. The summed E-state index contributed by atoms with van der Waals surface area (Å²) in [5, 5.41) is 0. The molecular formula is C23H28FN5O. The van der Waals surface area contributed by atoms with Gasteiger partial charge in [0.15, 0.2) is 0 Å². The minimum atomic E-state index is -0.326. The Morgan fingerprint density at radius 3 is 2.43 bits per heavy atom. The molecule has 1 aromatic heterocycles. The number of aromatic nitrogens is 2. The van der Waals surface area contributed by atoms with E-state index in [1.165, 1.54) is 31.4 Å². The maximum atomic E-state index is 13.7. The fourth-order valence-corrected chi connectivity index (χ4v) is 3.97. The van der Waals surface area contributed by atoms with E-state index in [-0.39, 0.29) is 11.7 Å². The second-order valence-corrected chi connectivity index (χ2v) is 7.88. The van der Waals surface area contributed by atoms with E-state index in [1.54, 1.807) is 29.2 Å². The van der Waals surface area contributed by atoms with Gasteiger partial charge in [0.1, 0.15) is 11.6 Å². The van der Waals surface area contributed by atoms with Crippen molar-refractivity contribution in [1.29, 1.82) is 0 Å². The molecule has 0 N–H and O–H groups in total. The summed E-state index contributed by atoms with van der Waals surface area (Å²) in [6.45, 7) is 6.66. The van der Waals surface area contributed by atoms with Crippen LogP contribution in [0.1, 0.15) is 30.5 Å². The van der Waals surface area contributed by atoms with Crippen molar-refractivity contribution in [2.45, 2.75) is 26.2 Å². The summed E-state index contributed by atoms with van der Waals surface area (Å²) in [7, 11) is 0. The predicted molar refractivity (Wildman–Crippen MR) is 117 cm³/mol. The van der Waals surface area contributed by atoms with E-state index in [0.29, 0.717) is 31.7 Å². The molecule has 2 fully saturated rings. The molecule has 30 heavy (non-hydrogen) atoms. The molecule has 6 nitrogen and oxygen atoms in total. The Bertz CT molecular complexity index is 918. The SMILES string of the molecule is Cc1cc(N2CCCCC2)nc(N2CCN(C(=O)/C=C/c3ccccc3F)CC2)n1. The number of hydrogen-bond acceptors (Lipinski definition) is 5. The summed E-state index contributed by atoms with van der Waals surface area (Å²) in [5.74, 6) is 1.32. The lowest BCUT2D eigenvalue weighted by Crippen LogP contribution is -2.49. The molecular weight excluding hydrogens is 381 g/mol. The highest BCUT2D eigenvalue weighted by molar-refractivity contribution is 5.92. The maximum Gasteiger partial charge on any atom is 0.246 e. The highest BCUT2D eigenvalue weighted by Gasteiger charge is 2.23. The number of anilines is 2. The summed E-state index contributed by atoms with van der Waals surface area (Å²) < 4.78 is 13.7. The third-order valence-electron chi connectivity index (χ3n) is 5.69. The quantitative estimate of drug-likeness (QED) is 0.726. The summed E-state index contributed by atoms with van der Waals surface area (Å²) in [6.07, 6.45) is 6.69. The number of aryl methyl sites for hydroxylation is 1. The number of carbonyl (C=O) groups is 1. The molecule has 2 aliphatic heterocycles. The molecule has 0 saturated carbocycles. The van der Waals surface area contributed by atoms with Crippen LogP contribution >= 0.6 is 0 Å². The third kappa shape index (κ3) is 4.78. The first-order chi connectivity index (χ1) is 14.6. The first-order valence-corrected chi connectivity index (χ1v) is 10.7. The molecule has 2 saturated heterocycles. The van der Waals surface area contributed by atoms with Gasteiger partial charge in [-0.3, -0.25) is 4.79 Å². The summed E-state index contributed by atoms with van der Waals surface area (Å²) >= 11 is 0. The summed E-state index contributed by atoms with van der Waals surface area (Å²) in [4.78, 5) is 28.2. The molecule has 0 unspecified atom stereocenters. The predicted octanol–water partition coefficient (Wildman–Crippen LogP) is 3.28. The largest absolute Gasteiger partial charge is 0.356 e. The number of benzene rings is 1. The monoisotopic (exact) mass is 409 g/mol. The van der Waals surface area contributed by atoms with E-state index in [1.807, 2.05) is 6.92 Å². The van der Waals surface area contributed by atoms with Crippen molar-refractivity contribution in [2.24, 2.45) is 0 Å². The van der Waals surface area contributed by atoms with Gasteiger partial charge in [-0.05, 0) is 38.3 Å². The van der Waals surface area contributed by atoms with Gasteiger partial charge in [-0.15, -0.1) is 0 Å². The van der Waals surface area contributed by atoms with Gasteiger partial charge in [0.25, 0.3) is 0 Å². The van der Waals surface area contributed by atoms with E-state index in [9.17, 15) is 9.18 Å². The van der Waals surface area contributed by atoms with Crippen LogP contribution in [0.4, 0.5) is 16.2 Å². The Morgan fingerprint density at radius 1 is 0.967 bits per heavy atom. The molecule has 3 heterocycles. The van der Waals surface area contributed by atoms with Gasteiger partial charge < -0.3 is 14.7 Å². The van der Waals surface area contributed by atoms with E-state index in [4.69, 9.17) is 4.98 Å². The highest BCUT2D eigenvalue weighted by atomic mass is 19.1. The van der Waals surface area contributed by atoms with Crippen LogP contribution in [0.3, 0.4) is 0 Å². The number of halogens is 1. The van der Waals surface area contributed by atoms with Gasteiger partial charge in [0, 0.05) is 62.7 Å². The third-order valence-corrected chi connectivity index (χ3v) is 5.69. The molecule has 0 spiro atoms. The van der Waals surface area contributed by atoms with Gasteiger partial charge in [-0.1, -0.05) is 18.2 Å². The first-order valence-electron chi connectivity index (χ1n) is 10.7. The van der Waals surface area contributed by atoms with Gasteiger partial charge in [-0.25, -0.2) is 9.37 Å². The van der Waals surface area contributed by atoms with Crippen LogP contribution < -0.4 is 9.80 Å². The molecule has 2 aliphatic rings. The zero-order valence-corrected chi connectivity index (χ0v) is 17.4. The molecule has 2 aromatic rings. The zero-order valence-electron chi connectivity index (χ0n) is 17.4. The Morgan fingerprint density at radius 2 is 1.70 bits per heavy atom. The van der Waals surface area contributed by atoms with E-state index in [0.717, 1.165) is 30.5 Å². The number of rotatable bonds is 4. The van der Waals surface area contributed by atoms with Crippen LogP contribution in [0.25, 0.3) is 6.08 Å². The fourth-order valence-electron chi connectivity index (χ4n) is 3.97. The van der Waals surface area contributed by atoms with Crippen LogP contribution in [-0.4, -0.2) is 60.0 Å². The van der Waals surface area contributed by atoms with Crippen LogP contribution in [0.2, 0.25) is 0 Å². The molecule has 0 aliphatic carbocycles. The topological polar surface area (TPSA) is 52.6 Å². The van der Waals surface area contributed by atoms with Crippen LogP contribution in [0.5, 0.6) is 0 Å². The van der Waals surface area contributed by atoms with Crippen molar-refractivity contribution in [3.05, 3.63) is 53.5 Å². The second-order valence-electron chi connectivity index (χ2n) is 7.88. The van der Waals surface area contributed by atoms with Crippen molar-refractivity contribution in [3.63, 3.8) is 0 Å². The average molecular weight is 410 g/mol. The lowest BCUT2D eigenvalue weighted by atomic mass is 10.1. The van der Waals surface area contributed by atoms with Crippen molar-refractivity contribution < 1.29 is 9.18 Å². The van der Waals surface area contributed by atoms with Crippen molar-refractivity contribution in [1.82, 2.24) is 14.9 Å². The van der Waals surface area contributed by atoms with E-state index < -0.39 is 0 Å². The number of amides is 1. The van der Waals surface area contributed by atoms with Crippen LogP contribution in [-0.2, 0) is 4.79 Å². The lowest BCUT2D eigenvalue weighted by molar-refractivity contribution is -0.126. The Hall–Kier alpha value is -2.96. The molecule has 0 atom stereocenters. The highest BCUT2D eigenvalue weighted by Crippen LogP contribution is 2.22. The number of piperidine rings is 1. The fraction of sp³-hybridized carbons (Fsp3) is 0.435. The maximum absolute atomic E-state index is 13.7. The standard InChI is InChI=1S/C23H28FN5O/c1-18-17-21(27-11-5-2-6-12-27)26-23(25-18)29-15-13-28(14-16-29)22(30)10-9-19-7-3-4-8-20(19)24/h3-4,7-10,17H,2,5-6,11-16H2,1H3/b10-9+. The Labute approximate surface area is 177 Å². The Balaban J connectivity index is 1.38. The zero-order chi connectivity index (χ0) is 20.9. The van der Waals surface area contributed by atoms with Gasteiger partial charge in [0.2, 0.25) is 11.9 Å². The molecule has 0 radical (unpaired) electrons. The number of nitrogens with zero attached hydrogens (tertiary/aromatic N) is 5. The summed E-state index contributed by atoms with van der Waals surface area (Å²) in [5.41, 5.74) is 1.38. The smallest absolute Gasteiger partial charge is 0.246 e. The van der Waals surface area contributed by atoms with Crippen molar-refractivity contribution in [2.75, 3.05) is 49.1 Å². The second kappa shape index (κ2) is 9.24. The number of hydrogen-bond donors (Lipinski definition) is 0. The molecule has 1 aromatic carbocycles. The lowest BCUT2D eigenvalue weighted by Gasteiger charge is -2.35. The molecule has 0 bridgehead atoms. The molecule has 4 rings (SSSR count). The minimum absolute atomic E-state index is 0.0999. The first kappa shape index (κ1) is 20.3. The van der Waals surface area contributed by atoms with E-state index in [2.05, 4.69) is 20.9 Å². The van der Waals surface area contributed by atoms with Gasteiger partial charge in [-0.2, -0.15) is 4.98 Å². The van der Waals surface area contributed by atoms with Crippen molar-refractivity contribution >= 4 is 23.7 Å². The minimum Gasteiger partial charge on any atom is -0.356 e. The summed E-state index contributed by atoms with van der Waals surface area (Å²) in [6, 6.07) is 8.50. The van der Waals surface area contributed by atoms with E-state index >= 15 is 0 Å². The number of piperazine rings is 1. The van der Waals surface area contributed by atoms with Gasteiger partial charge in [0.05, 0.1) is 0 Å². The molecule has 1 amide bonds.